The Morgan fingerprint density at radius 3 is 2.79 bits per heavy atom. The van der Waals surface area contributed by atoms with Crippen molar-refractivity contribution in [1.82, 2.24) is 15.1 Å². The average Bonchev–Trinajstić information content (AvgIpc) is 3.18. The number of carbonyl (C=O) groups is 1. The Kier molecular flexibility index (Phi) is 7.49. The number of halogens is 1. The maximum atomic E-state index is 12.7. The predicted molar refractivity (Wildman–Crippen MR) is 127 cm³/mol. The van der Waals surface area contributed by atoms with E-state index in [1.165, 1.54) is 0 Å². The standard InChI is InChI=1S/C24H27ClN4O4/c1-29-23(21(25)15-27-29)20-13-17(28-24(30)16-3-6-18(31-2)7-4-16)5-8-22(20)33-11-9-19-14-26-10-12-32-19/h3-8,13,15,19,26H,9-12,14H2,1-2H3,(H,28,30). The maximum Gasteiger partial charge on any atom is 0.255 e. The van der Waals surface area contributed by atoms with Gasteiger partial charge in [0.1, 0.15) is 11.5 Å². The summed E-state index contributed by atoms with van der Waals surface area (Å²) < 4.78 is 18.7. The molecule has 0 saturated carbocycles. The van der Waals surface area contributed by atoms with Crippen LogP contribution in [0.25, 0.3) is 11.3 Å². The number of aromatic nitrogens is 2. The molecule has 1 aromatic heterocycles. The third-order valence-electron chi connectivity index (χ3n) is 5.44. The smallest absolute Gasteiger partial charge is 0.255 e. The molecule has 2 N–H and O–H groups in total. The zero-order valence-corrected chi connectivity index (χ0v) is 19.4. The number of rotatable bonds is 8. The number of amides is 1. The molecule has 1 atom stereocenters. The molecule has 33 heavy (non-hydrogen) atoms. The van der Waals surface area contributed by atoms with Crippen molar-refractivity contribution in [3.05, 3.63) is 59.2 Å². The molecule has 2 heterocycles. The Morgan fingerprint density at radius 2 is 2.12 bits per heavy atom. The third-order valence-corrected chi connectivity index (χ3v) is 5.72. The van der Waals surface area contributed by atoms with Crippen molar-refractivity contribution < 1.29 is 19.0 Å². The monoisotopic (exact) mass is 470 g/mol. The molecule has 0 bridgehead atoms. The zero-order chi connectivity index (χ0) is 23.2. The van der Waals surface area contributed by atoms with Gasteiger partial charge >= 0.3 is 0 Å². The molecule has 9 heteroatoms. The van der Waals surface area contributed by atoms with Gasteiger partial charge in [-0.25, -0.2) is 0 Å². The minimum Gasteiger partial charge on any atom is -0.497 e. The molecule has 1 unspecified atom stereocenters. The predicted octanol–water partition coefficient (Wildman–Crippen LogP) is 3.76. The van der Waals surface area contributed by atoms with E-state index in [0.717, 1.165) is 25.1 Å². The maximum absolute atomic E-state index is 12.7. The molecule has 1 aliphatic rings. The van der Waals surface area contributed by atoms with Gasteiger partial charge in [-0.3, -0.25) is 9.48 Å². The fraction of sp³-hybridized carbons (Fsp3) is 0.333. The zero-order valence-electron chi connectivity index (χ0n) is 18.6. The van der Waals surface area contributed by atoms with Crippen LogP contribution in [0.3, 0.4) is 0 Å². The summed E-state index contributed by atoms with van der Waals surface area (Å²) in [7, 11) is 3.40. The number of benzene rings is 2. The van der Waals surface area contributed by atoms with Gasteiger partial charge in [0.05, 0.1) is 43.3 Å². The number of hydrogen-bond acceptors (Lipinski definition) is 6. The van der Waals surface area contributed by atoms with E-state index in [1.807, 2.05) is 25.2 Å². The van der Waals surface area contributed by atoms with Crippen LogP contribution in [0.1, 0.15) is 16.8 Å². The van der Waals surface area contributed by atoms with Crippen molar-refractivity contribution in [3.8, 4) is 22.8 Å². The van der Waals surface area contributed by atoms with Crippen LogP contribution in [0.4, 0.5) is 5.69 Å². The minimum absolute atomic E-state index is 0.130. The normalized spacial score (nSPS) is 15.8. The van der Waals surface area contributed by atoms with Crippen LogP contribution < -0.4 is 20.1 Å². The molecular formula is C24H27ClN4O4. The lowest BCUT2D eigenvalue weighted by atomic mass is 10.1. The summed E-state index contributed by atoms with van der Waals surface area (Å²) >= 11 is 6.42. The van der Waals surface area contributed by atoms with Crippen LogP contribution in [-0.2, 0) is 11.8 Å². The first-order chi connectivity index (χ1) is 16.0. The Hall–Kier alpha value is -3.07. The number of carbonyl (C=O) groups excluding carboxylic acids is 1. The highest BCUT2D eigenvalue weighted by Gasteiger charge is 2.18. The van der Waals surface area contributed by atoms with Crippen molar-refractivity contribution in [1.29, 1.82) is 0 Å². The van der Waals surface area contributed by atoms with Gasteiger partial charge < -0.3 is 24.8 Å². The molecule has 2 aromatic carbocycles. The Morgan fingerprint density at radius 1 is 1.30 bits per heavy atom. The number of morpholine rings is 1. The Balaban J connectivity index is 1.53. The topological polar surface area (TPSA) is 86.6 Å². The second-order valence-electron chi connectivity index (χ2n) is 7.69. The first kappa shape index (κ1) is 23.1. The quantitative estimate of drug-likeness (QED) is 0.521. The van der Waals surface area contributed by atoms with Crippen molar-refractivity contribution in [2.75, 3.05) is 38.7 Å². The molecule has 1 amide bonds. The highest BCUT2D eigenvalue weighted by molar-refractivity contribution is 6.33. The Bertz CT molecular complexity index is 1070. The molecule has 1 saturated heterocycles. The number of nitrogens with zero attached hydrogens (tertiary/aromatic N) is 2. The fourth-order valence-electron chi connectivity index (χ4n) is 3.68. The summed E-state index contributed by atoms with van der Waals surface area (Å²) in [6, 6.07) is 12.4. The minimum atomic E-state index is -0.227. The van der Waals surface area contributed by atoms with Crippen molar-refractivity contribution in [3.63, 3.8) is 0 Å². The van der Waals surface area contributed by atoms with Gasteiger partial charge in [0, 0.05) is 43.4 Å². The molecule has 3 aromatic rings. The van der Waals surface area contributed by atoms with E-state index in [-0.39, 0.29) is 12.0 Å². The van der Waals surface area contributed by atoms with Gasteiger partial charge in [-0.15, -0.1) is 0 Å². The third kappa shape index (κ3) is 5.65. The van der Waals surface area contributed by atoms with Gasteiger partial charge in [-0.1, -0.05) is 11.6 Å². The second-order valence-corrected chi connectivity index (χ2v) is 8.10. The van der Waals surface area contributed by atoms with Crippen LogP contribution in [0.2, 0.25) is 5.02 Å². The van der Waals surface area contributed by atoms with Gasteiger partial charge in [-0.05, 0) is 42.5 Å². The molecule has 0 aliphatic carbocycles. The van der Waals surface area contributed by atoms with Crippen LogP contribution in [0.15, 0.2) is 48.7 Å². The molecule has 8 nitrogen and oxygen atoms in total. The largest absolute Gasteiger partial charge is 0.497 e. The molecule has 174 valence electrons. The molecule has 4 rings (SSSR count). The lowest BCUT2D eigenvalue weighted by Gasteiger charge is -2.23. The number of anilines is 1. The number of methoxy groups -OCH3 is 1. The fourth-order valence-corrected chi connectivity index (χ4v) is 3.95. The molecule has 1 fully saturated rings. The molecular weight excluding hydrogens is 444 g/mol. The highest BCUT2D eigenvalue weighted by Crippen LogP contribution is 2.36. The summed E-state index contributed by atoms with van der Waals surface area (Å²) in [5.41, 5.74) is 2.60. The van der Waals surface area contributed by atoms with Crippen LogP contribution in [0.5, 0.6) is 11.5 Å². The van der Waals surface area contributed by atoms with Gasteiger partial charge in [0.15, 0.2) is 0 Å². The van der Waals surface area contributed by atoms with Gasteiger partial charge in [0.25, 0.3) is 5.91 Å². The number of ether oxygens (including phenoxy) is 3. The first-order valence-corrected chi connectivity index (χ1v) is 11.2. The lowest BCUT2D eigenvalue weighted by molar-refractivity contribution is 0.0159. The lowest BCUT2D eigenvalue weighted by Crippen LogP contribution is -2.39. The van der Waals surface area contributed by atoms with E-state index in [0.29, 0.717) is 46.7 Å². The van der Waals surface area contributed by atoms with E-state index >= 15 is 0 Å². The summed E-state index contributed by atoms with van der Waals surface area (Å²) in [6.45, 7) is 2.90. The van der Waals surface area contributed by atoms with Crippen molar-refractivity contribution in [2.24, 2.45) is 7.05 Å². The highest BCUT2D eigenvalue weighted by atomic mass is 35.5. The summed E-state index contributed by atoms with van der Waals surface area (Å²) in [6.07, 6.45) is 2.48. The second kappa shape index (κ2) is 10.7. The molecule has 0 radical (unpaired) electrons. The van der Waals surface area contributed by atoms with E-state index < -0.39 is 0 Å². The van der Waals surface area contributed by atoms with Crippen LogP contribution in [0, 0.1) is 0 Å². The van der Waals surface area contributed by atoms with Gasteiger partial charge in [-0.2, -0.15) is 5.10 Å². The summed E-state index contributed by atoms with van der Waals surface area (Å²) in [4.78, 5) is 12.7. The number of aryl methyl sites for hydroxylation is 1. The van der Waals surface area contributed by atoms with Crippen molar-refractivity contribution >= 4 is 23.2 Å². The van der Waals surface area contributed by atoms with E-state index in [9.17, 15) is 4.79 Å². The van der Waals surface area contributed by atoms with E-state index in [1.54, 1.807) is 42.3 Å². The Labute approximate surface area is 197 Å². The van der Waals surface area contributed by atoms with E-state index in [2.05, 4.69) is 15.7 Å². The first-order valence-electron chi connectivity index (χ1n) is 10.8. The SMILES string of the molecule is COc1ccc(C(=O)Nc2ccc(OCCC3CNCCO3)c(-c3c(Cl)cnn3C)c2)cc1. The van der Waals surface area contributed by atoms with Gasteiger partial charge in [0.2, 0.25) is 0 Å². The van der Waals surface area contributed by atoms with Crippen LogP contribution in [-0.4, -0.2) is 55.2 Å². The average molecular weight is 471 g/mol. The van der Waals surface area contributed by atoms with Crippen molar-refractivity contribution in [2.45, 2.75) is 12.5 Å². The van der Waals surface area contributed by atoms with E-state index in [4.69, 9.17) is 25.8 Å². The molecule has 1 aliphatic heterocycles. The summed E-state index contributed by atoms with van der Waals surface area (Å²) in [5, 5.41) is 11.0. The number of hydrogen-bond donors (Lipinski definition) is 2. The molecule has 0 spiro atoms. The van der Waals surface area contributed by atoms with Crippen LogP contribution >= 0.6 is 11.6 Å². The number of nitrogens with one attached hydrogen (secondary N) is 2. The summed E-state index contributed by atoms with van der Waals surface area (Å²) in [5.74, 6) is 1.12.